The lowest BCUT2D eigenvalue weighted by Gasteiger charge is -1.92. The fraction of sp³-hybridized carbons (Fsp3) is 0. The van der Waals surface area contributed by atoms with Gasteiger partial charge >= 0.3 is 5.97 Å². The van der Waals surface area contributed by atoms with Crippen LogP contribution in [0.25, 0.3) is 22.3 Å². The van der Waals surface area contributed by atoms with Crippen molar-refractivity contribution in [1.29, 1.82) is 0 Å². The van der Waals surface area contributed by atoms with Crippen molar-refractivity contribution in [2.75, 3.05) is 0 Å². The Morgan fingerprint density at radius 2 is 1.83 bits per heavy atom. The van der Waals surface area contributed by atoms with Crippen LogP contribution in [0.15, 0.2) is 36.4 Å². The number of fused-ring (bicyclic) bond motifs is 1. The van der Waals surface area contributed by atoms with Crippen molar-refractivity contribution in [2.24, 2.45) is 0 Å². The molecule has 2 aromatic heterocycles. The third kappa shape index (κ3) is 1.62. The number of benzene rings is 1. The van der Waals surface area contributed by atoms with Gasteiger partial charge in [0.05, 0.1) is 11.4 Å². The zero-order chi connectivity index (χ0) is 12.7. The van der Waals surface area contributed by atoms with Crippen LogP contribution in [0.3, 0.4) is 0 Å². The fourth-order valence-corrected chi connectivity index (χ4v) is 1.94. The smallest absolute Gasteiger partial charge is 0.352 e. The first kappa shape index (κ1) is 10.5. The predicted molar refractivity (Wildman–Crippen MR) is 66.7 cm³/mol. The van der Waals surface area contributed by atoms with E-state index in [0.29, 0.717) is 5.69 Å². The zero-order valence-corrected chi connectivity index (χ0v) is 9.27. The highest BCUT2D eigenvalue weighted by molar-refractivity contribution is 5.89. The van der Waals surface area contributed by atoms with Gasteiger partial charge in [-0.25, -0.2) is 4.79 Å². The Morgan fingerprint density at radius 3 is 2.56 bits per heavy atom. The number of carboxylic acid groups (broad SMARTS) is 1. The van der Waals surface area contributed by atoms with Gasteiger partial charge in [-0.15, -0.1) is 0 Å². The van der Waals surface area contributed by atoms with E-state index in [-0.39, 0.29) is 11.4 Å². The van der Waals surface area contributed by atoms with Crippen LogP contribution in [-0.2, 0) is 0 Å². The molecule has 1 aromatic carbocycles. The zero-order valence-electron chi connectivity index (χ0n) is 9.27. The number of aromatic carboxylic acids is 1. The summed E-state index contributed by atoms with van der Waals surface area (Å²) in [6.07, 6.45) is 0. The van der Waals surface area contributed by atoms with Gasteiger partial charge in [-0.3, -0.25) is 0 Å². The third-order valence-electron chi connectivity index (χ3n) is 2.81. The summed E-state index contributed by atoms with van der Waals surface area (Å²) < 4.78 is 0. The molecule has 0 unspecified atom stereocenters. The monoisotopic (exact) mass is 242 g/mol. The topological polar surface area (TPSA) is 89.1 Å². The van der Waals surface area contributed by atoms with Gasteiger partial charge in [0.1, 0.15) is 11.4 Å². The quantitative estimate of drug-likeness (QED) is 0.556. The van der Waals surface area contributed by atoms with Crippen molar-refractivity contribution in [3.63, 3.8) is 0 Å². The van der Waals surface area contributed by atoms with Crippen LogP contribution < -0.4 is 0 Å². The number of phenols is 1. The van der Waals surface area contributed by atoms with Gasteiger partial charge in [-0.2, -0.15) is 0 Å². The minimum absolute atomic E-state index is 0.145. The van der Waals surface area contributed by atoms with E-state index in [1.807, 2.05) is 6.07 Å². The maximum absolute atomic E-state index is 10.8. The molecule has 90 valence electrons. The predicted octanol–water partition coefficient (Wildman–Crippen LogP) is 2.57. The number of aromatic nitrogens is 2. The molecule has 18 heavy (non-hydrogen) atoms. The highest BCUT2D eigenvalue weighted by Crippen LogP contribution is 2.26. The molecular formula is C13H10N2O3. The van der Waals surface area contributed by atoms with E-state index >= 15 is 0 Å². The van der Waals surface area contributed by atoms with Crippen molar-refractivity contribution in [3.8, 4) is 17.1 Å². The Kier molecular flexibility index (Phi) is 2.13. The summed E-state index contributed by atoms with van der Waals surface area (Å²) in [6.45, 7) is 0. The fourth-order valence-electron chi connectivity index (χ4n) is 1.94. The van der Waals surface area contributed by atoms with Crippen molar-refractivity contribution < 1.29 is 15.0 Å². The van der Waals surface area contributed by atoms with Gasteiger partial charge in [0.2, 0.25) is 0 Å². The van der Waals surface area contributed by atoms with E-state index in [1.165, 1.54) is 6.07 Å². The minimum atomic E-state index is -0.991. The molecule has 0 saturated carbocycles. The molecular weight excluding hydrogens is 232 g/mol. The number of aromatic hydroxyl groups is 1. The molecule has 5 heteroatoms. The average molecular weight is 242 g/mol. The van der Waals surface area contributed by atoms with E-state index in [9.17, 15) is 9.90 Å². The molecule has 0 aliphatic heterocycles. The van der Waals surface area contributed by atoms with Gasteiger partial charge < -0.3 is 20.2 Å². The summed E-state index contributed by atoms with van der Waals surface area (Å²) in [5.74, 6) is -0.791. The first-order chi connectivity index (χ1) is 8.63. The summed E-state index contributed by atoms with van der Waals surface area (Å²) in [5, 5.41) is 19.1. The molecule has 3 aromatic rings. The molecule has 3 rings (SSSR count). The van der Waals surface area contributed by atoms with Crippen molar-refractivity contribution >= 4 is 16.9 Å². The first-order valence-electron chi connectivity index (χ1n) is 5.38. The number of carbonyl (C=O) groups is 1. The largest absolute Gasteiger partial charge is 0.508 e. The number of hydrogen-bond acceptors (Lipinski definition) is 2. The average Bonchev–Trinajstić information content (AvgIpc) is 2.93. The summed E-state index contributed by atoms with van der Waals surface area (Å²) >= 11 is 0. The number of rotatable bonds is 2. The number of carboxylic acids is 1. The second-order valence-electron chi connectivity index (χ2n) is 4.05. The van der Waals surface area contributed by atoms with Crippen LogP contribution in [0.2, 0.25) is 0 Å². The van der Waals surface area contributed by atoms with Crippen LogP contribution >= 0.6 is 0 Å². The minimum Gasteiger partial charge on any atom is -0.508 e. The number of phenolic OH excluding ortho intramolecular Hbond substituents is 1. The summed E-state index contributed by atoms with van der Waals surface area (Å²) in [7, 11) is 0. The van der Waals surface area contributed by atoms with Crippen LogP contribution in [0, 0.1) is 0 Å². The Bertz CT molecular complexity index is 740. The molecule has 0 spiro atoms. The van der Waals surface area contributed by atoms with Gasteiger partial charge in [-0.1, -0.05) is 0 Å². The molecule has 4 N–H and O–H groups in total. The number of nitrogens with one attached hydrogen (secondary N) is 2. The van der Waals surface area contributed by atoms with Crippen LogP contribution in [0.4, 0.5) is 0 Å². The van der Waals surface area contributed by atoms with Crippen molar-refractivity contribution in [1.82, 2.24) is 9.97 Å². The highest BCUT2D eigenvalue weighted by Gasteiger charge is 2.09. The van der Waals surface area contributed by atoms with Gasteiger partial charge in [0.15, 0.2) is 0 Å². The van der Waals surface area contributed by atoms with Crippen LogP contribution in [-0.4, -0.2) is 26.2 Å². The summed E-state index contributed by atoms with van der Waals surface area (Å²) in [6, 6.07) is 10.1. The van der Waals surface area contributed by atoms with Crippen molar-refractivity contribution in [3.05, 3.63) is 42.1 Å². The Hall–Kier alpha value is -2.69. The van der Waals surface area contributed by atoms with E-state index in [0.717, 1.165) is 16.6 Å². The molecule has 0 saturated heterocycles. The number of aromatic amines is 2. The summed E-state index contributed by atoms with van der Waals surface area (Å²) in [5.41, 5.74) is 2.51. The van der Waals surface area contributed by atoms with Gasteiger partial charge in [-0.05, 0) is 36.4 Å². The highest BCUT2D eigenvalue weighted by atomic mass is 16.4. The Morgan fingerprint density at radius 1 is 1.00 bits per heavy atom. The molecule has 0 radical (unpaired) electrons. The number of H-pyrrole nitrogens is 2. The van der Waals surface area contributed by atoms with Crippen LogP contribution in [0.5, 0.6) is 5.75 Å². The SMILES string of the molecule is O=C(O)c1ccc(-c2cc3cc(O)ccc3[nH]2)[nH]1. The van der Waals surface area contributed by atoms with Crippen LogP contribution in [0.1, 0.15) is 10.5 Å². The van der Waals surface area contributed by atoms with E-state index in [2.05, 4.69) is 9.97 Å². The Balaban J connectivity index is 2.10. The normalized spacial score (nSPS) is 10.9. The van der Waals surface area contributed by atoms with Crippen molar-refractivity contribution in [2.45, 2.75) is 0 Å². The molecule has 2 heterocycles. The lowest BCUT2D eigenvalue weighted by Crippen LogP contribution is -1.95. The summed E-state index contributed by atoms with van der Waals surface area (Å²) in [4.78, 5) is 16.8. The standard InChI is InChI=1S/C13H10N2O3/c16-8-1-2-9-7(5-8)6-12(14-9)10-3-4-11(15-10)13(17)18/h1-6,14-16H,(H,17,18). The lowest BCUT2D eigenvalue weighted by atomic mass is 10.2. The molecule has 0 amide bonds. The maximum atomic E-state index is 10.8. The van der Waals surface area contributed by atoms with Gasteiger partial charge in [0.25, 0.3) is 0 Å². The molecule has 5 nitrogen and oxygen atoms in total. The van der Waals surface area contributed by atoms with E-state index in [1.54, 1.807) is 24.3 Å². The maximum Gasteiger partial charge on any atom is 0.352 e. The molecule has 0 atom stereocenters. The molecule has 0 aliphatic rings. The van der Waals surface area contributed by atoms with E-state index < -0.39 is 5.97 Å². The Labute approximate surface area is 102 Å². The number of hydrogen-bond donors (Lipinski definition) is 4. The lowest BCUT2D eigenvalue weighted by molar-refractivity contribution is 0.0691. The molecule has 0 aliphatic carbocycles. The second kappa shape index (κ2) is 3.66. The molecule has 0 fully saturated rings. The first-order valence-corrected chi connectivity index (χ1v) is 5.38. The second-order valence-corrected chi connectivity index (χ2v) is 4.05. The third-order valence-corrected chi connectivity index (χ3v) is 2.81. The molecule has 0 bridgehead atoms. The van der Waals surface area contributed by atoms with Gasteiger partial charge in [0, 0.05) is 10.9 Å². The van der Waals surface area contributed by atoms with E-state index in [4.69, 9.17) is 5.11 Å².